The molecule has 0 unspecified atom stereocenters. The van der Waals surface area contributed by atoms with Crippen molar-refractivity contribution in [3.8, 4) is 11.5 Å². The van der Waals surface area contributed by atoms with E-state index in [0.29, 0.717) is 36.9 Å². The maximum atomic E-state index is 12.7. The number of carbonyl (C=O) groups excluding carboxylic acids is 1. The molecule has 2 aliphatic rings. The van der Waals surface area contributed by atoms with Crippen molar-refractivity contribution in [3.63, 3.8) is 0 Å². The third-order valence-corrected chi connectivity index (χ3v) is 4.68. The van der Waals surface area contributed by atoms with Crippen LogP contribution in [0, 0.1) is 6.92 Å². The summed E-state index contributed by atoms with van der Waals surface area (Å²) < 4.78 is 22.7. The number of Topliss-reactive ketones (excluding diaryl/α,β-unsaturated/α-hetero) is 1. The van der Waals surface area contributed by atoms with Gasteiger partial charge in [0.25, 0.3) is 0 Å². The number of aryl methyl sites for hydroxylation is 1. The highest BCUT2D eigenvalue weighted by Crippen LogP contribution is 2.42. The van der Waals surface area contributed by atoms with Crippen molar-refractivity contribution >= 4 is 11.9 Å². The van der Waals surface area contributed by atoms with Crippen LogP contribution in [-0.4, -0.2) is 17.4 Å². The van der Waals surface area contributed by atoms with Gasteiger partial charge >= 0.3 is 0 Å². The lowest BCUT2D eigenvalue weighted by atomic mass is 10.0. The first-order valence-electron chi connectivity index (χ1n) is 8.71. The van der Waals surface area contributed by atoms with Crippen LogP contribution in [0.1, 0.15) is 33.2 Å². The van der Waals surface area contributed by atoms with E-state index in [9.17, 15) is 4.79 Å². The molecule has 0 aliphatic carbocycles. The van der Waals surface area contributed by atoms with Gasteiger partial charge in [-0.25, -0.2) is 0 Å². The van der Waals surface area contributed by atoms with E-state index in [1.54, 1.807) is 18.4 Å². The fourth-order valence-corrected chi connectivity index (χ4v) is 3.39. The summed E-state index contributed by atoms with van der Waals surface area (Å²) in [6.45, 7) is 3.54. The maximum Gasteiger partial charge on any atom is 0.232 e. The molecule has 0 radical (unpaired) electrons. The van der Waals surface area contributed by atoms with E-state index in [1.165, 1.54) is 0 Å². The SMILES string of the molecule is Cc1ccc(C=C2Oc3c(ccc4c3CN(Cc3ccco3)CO4)C2=O)o1. The van der Waals surface area contributed by atoms with Crippen molar-refractivity contribution in [2.45, 2.75) is 20.0 Å². The molecule has 4 heterocycles. The van der Waals surface area contributed by atoms with Crippen LogP contribution in [-0.2, 0) is 13.1 Å². The van der Waals surface area contributed by atoms with Crippen molar-refractivity contribution < 1.29 is 23.1 Å². The molecule has 0 saturated heterocycles. The number of carbonyl (C=O) groups is 1. The summed E-state index contributed by atoms with van der Waals surface area (Å²) in [5.74, 6) is 3.65. The molecule has 1 aromatic carbocycles. The first-order valence-corrected chi connectivity index (χ1v) is 8.71. The predicted molar refractivity (Wildman–Crippen MR) is 96.3 cm³/mol. The van der Waals surface area contributed by atoms with Gasteiger partial charge in [0.1, 0.15) is 35.5 Å². The molecule has 3 aromatic rings. The molecule has 27 heavy (non-hydrogen) atoms. The molecular weight excluding hydrogens is 346 g/mol. The van der Waals surface area contributed by atoms with E-state index in [1.807, 2.05) is 37.3 Å². The van der Waals surface area contributed by atoms with Gasteiger partial charge in [0.15, 0.2) is 5.76 Å². The van der Waals surface area contributed by atoms with Crippen LogP contribution in [0.15, 0.2) is 57.3 Å². The van der Waals surface area contributed by atoms with Crippen LogP contribution < -0.4 is 9.47 Å². The zero-order valence-corrected chi connectivity index (χ0v) is 14.7. The quantitative estimate of drug-likeness (QED) is 0.652. The second-order valence-corrected chi connectivity index (χ2v) is 6.65. The zero-order chi connectivity index (χ0) is 18.4. The fraction of sp³-hybridized carbons (Fsp3) is 0.190. The molecular formula is C21H17NO5. The second-order valence-electron chi connectivity index (χ2n) is 6.65. The summed E-state index contributed by atoms with van der Waals surface area (Å²) >= 11 is 0. The number of allylic oxidation sites excluding steroid dienone is 1. The number of benzene rings is 1. The van der Waals surface area contributed by atoms with Gasteiger partial charge in [-0.3, -0.25) is 9.69 Å². The Morgan fingerprint density at radius 2 is 2.11 bits per heavy atom. The number of ketones is 1. The van der Waals surface area contributed by atoms with Crippen molar-refractivity contribution in [2.24, 2.45) is 0 Å². The smallest absolute Gasteiger partial charge is 0.232 e. The third-order valence-electron chi connectivity index (χ3n) is 4.68. The molecule has 5 rings (SSSR count). The first-order chi connectivity index (χ1) is 13.2. The Balaban J connectivity index is 1.45. The summed E-state index contributed by atoms with van der Waals surface area (Å²) in [7, 11) is 0. The van der Waals surface area contributed by atoms with Gasteiger partial charge in [0, 0.05) is 12.6 Å². The van der Waals surface area contributed by atoms with Gasteiger partial charge < -0.3 is 18.3 Å². The van der Waals surface area contributed by atoms with Gasteiger partial charge in [-0.2, -0.15) is 0 Å². The summed E-state index contributed by atoms with van der Waals surface area (Å²) in [5, 5.41) is 0. The van der Waals surface area contributed by atoms with Crippen LogP contribution in [0.3, 0.4) is 0 Å². The number of rotatable bonds is 3. The molecule has 0 spiro atoms. The van der Waals surface area contributed by atoms with Crippen LogP contribution in [0.5, 0.6) is 11.5 Å². The highest BCUT2D eigenvalue weighted by atomic mass is 16.5. The predicted octanol–water partition coefficient (Wildman–Crippen LogP) is 4.15. The number of nitrogens with zero attached hydrogens (tertiary/aromatic N) is 1. The molecule has 2 aliphatic heterocycles. The van der Waals surface area contributed by atoms with Crippen molar-refractivity contribution in [2.75, 3.05) is 6.73 Å². The minimum Gasteiger partial charge on any atom is -0.478 e. The Kier molecular flexibility index (Phi) is 3.65. The topological polar surface area (TPSA) is 65.1 Å². The number of hydrogen-bond donors (Lipinski definition) is 0. The Labute approximate surface area is 155 Å². The fourth-order valence-electron chi connectivity index (χ4n) is 3.39. The normalized spacial score (nSPS) is 17.5. The molecule has 6 heteroatoms. The maximum absolute atomic E-state index is 12.7. The Hall–Kier alpha value is -3.25. The van der Waals surface area contributed by atoms with Crippen LogP contribution >= 0.6 is 0 Å². The summed E-state index contributed by atoms with van der Waals surface area (Å²) in [5.41, 5.74) is 1.42. The van der Waals surface area contributed by atoms with Crippen LogP contribution in [0.2, 0.25) is 0 Å². The average molecular weight is 363 g/mol. The molecule has 0 bridgehead atoms. The minimum atomic E-state index is -0.148. The average Bonchev–Trinajstić information content (AvgIpc) is 3.38. The molecule has 2 aromatic heterocycles. The standard InChI is InChI=1S/C21H17NO5/c1-13-4-5-14(26-13)9-19-20(23)16-6-7-18-17(21(16)27-19)11-22(12-25-18)10-15-3-2-8-24-15/h2-9H,10-12H2,1H3. The largest absolute Gasteiger partial charge is 0.478 e. The van der Waals surface area contributed by atoms with Crippen LogP contribution in [0.4, 0.5) is 0 Å². The summed E-state index contributed by atoms with van der Waals surface area (Å²) in [4.78, 5) is 14.8. The van der Waals surface area contributed by atoms with E-state index < -0.39 is 0 Å². The zero-order valence-electron chi connectivity index (χ0n) is 14.7. The van der Waals surface area contributed by atoms with Gasteiger partial charge in [0.2, 0.25) is 5.78 Å². The van der Waals surface area contributed by atoms with Crippen molar-refractivity contribution in [1.82, 2.24) is 4.90 Å². The lowest BCUT2D eigenvalue weighted by molar-refractivity contribution is 0.0810. The Morgan fingerprint density at radius 1 is 1.19 bits per heavy atom. The van der Waals surface area contributed by atoms with Gasteiger partial charge in [-0.1, -0.05) is 0 Å². The molecule has 0 N–H and O–H groups in total. The number of hydrogen-bond acceptors (Lipinski definition) is 6. The second kappa shape index (κ2) is 6.17. The summed E-state index contributed by atoms with van der Waals surface area (Å²) in [6.07, 6.45) is 3.28. The van der Waals surface area contributed by atoms with E-state index >= 15 is 0 Å². The lowest BCUT2D eigenvalue weighted by Crippen LogP contribution is -2.31. The van der Waals surface area contributed by atoms with Gasteiger partial charge in [-0.15, -0.1) is 0 Å². The monoisotopic (exact) mass is 363 g/mol. The molecule has 6 nitrogen and oxygen atoms in total. The number of ether oxygens (including phenoxy) is 2. The molecule has 136 valence electrons. The summed E-state index contributed by atoms with van der Waals surface area (Å²) in [6, 6.07) is 11.0. The van der Waals surface area contributed by atoms with Crippen molar-refractivity contribution in [1.29, 1.82) is 0 Å². The van der Waals surface area contributed by atoms with Gasteiger partial charge in [0.05, 0.1) is 23.9 Å². The first kappa shape index (κ1) is 16.0. The Morgan fingerprint density at radius 3 is 2.89 bits per heavy atom. The lowest BCUT2D eigenvalue weighted by Gasteiger charge is -2.29. The molecule has 0 amide bonds. The van der Waals surface area contributed by atoms with E-state index in [4.69, 9.17) is 18.3 Å². The molecule has 0 saturated carbocycles. The Bertz CT molecular complexity index is 1040. The van der Waals surface area contributed by atoms with E-state index in [-0.39, 0.29) is 11.5 Å². The highest BCUT2D eigenvalue weighted by molar-refractivity contribution is 6.14. The highest BCUT2D eigenvalue weighted by Gasteiger charge is 2.33. The molecule has 0 fully saturated rings. The number of fused-ring (bicyclic) bond motifs is 3. The van der Waals surface area contributed by atoms with E-state index in [0.717, 1.165) is 22.8 Å². The minimum absolute atomic E-state index is 0.148. The van der Waals surface area contributed by atoms with Crippen molar-refractivity contribution in [3.05, 3.63) is 76.8 Å². The molecule has 0 atom stereocenters. The third kappa shape index (κ3) is 2.84. The van der Waals surface area contributed by atoms with Gasteiger partial charge in [-0.05, 0) is 43.3 Å². The van der Waals surface area contributed by atoms with E-state index in [2.05, 4.69) is 4.90 Å². The number of furan rings is 2. The van der Waals surface area contributed by atoms with Crippen LogP contribution in [0.25, 0.3) is 6.08 Å².